The van der Waals surface area contributed by atoms with Gasteiger partial charge in [0.25, 0.3) is 0 Å². The molecule has 0 saturated carbocycles. The predicted molar refractivity (Wildman–Crippen MR) is 84.8 cm³/mol. The molecule has 0 aliphatic carbocycles. The first-order valence-electron chi connectivity index (χ1n) is 6.95. The third-order valence-corrected chi connectivity index (χ3v) is 3.16. The van der Waals surface area contributed by atoms with Crippen molar-refractivity contribution >= 4 is 17.7 Å². The topological polar surface area (TPSA) is 78.4 Å². The molecule has 0 aliphatic heterocycles. The van der Waals surface area contributed by atoms with Gasteiger partial charge in [0.1, 0.15) is 0 Å². The number of amides is 2. The monoisotopic (exact) mass is 298 g/mol. The van der Waals surface area contributed by atoms with Crippen molar-refractivity contribution in [2.75, 3.05) is 5.32 Å². The maximum absolute atomic E-state index is 12.1. The Hall–Kier alpha value is -2.82. The van der Waals surface area contributed by atoms with Gasteiger partial charge in [-0.25, -0.2) is 4.79 Å². The van der Waals surface area contributed by atoms with Gasteiger partial charge in [-0.15, -0.1) is 0 Å². The molecule has 0 saturated heterocycles. The molecule has 22 heavy (non-hydrogen) atoms. The van der Waals surface area contributed by atoms with E-state index in [4.69, 9.17) is 5.11 Å². The Kier molecular flexibility index (Phi) is 5.14. The summed E-state index contributed by atoms with van der Waals surface area (Å²) < 4.78 is 0. The van der Waals surface area contributed by atoms with Crippen LogP contribution in [0.4, 0.5) is 10.5 Å². The molecule has 3 N–H and O–H groups in total. The van der Waals surface area contributed by atoms with Gasteiger partial charge in [0.05, 0.1) is 12.5 Å². The third kappa shape index (κ3) is 4.63. The van der Waals surface area contributed by atoms with Gasteiger partial charge in [0.15, 0.2) is 0 Å². The molecule has 0 heterocycles. The average molecular weight is 298 g/mol. The van der Waals surface area contributed by atoms with E-state index in [2.05, 4.69) is 10.6 Å². The van der Waals surface area contributed by atoms with Crippen molar-refractivity contribution in [2.45, 2.75) is 19.4 Å². The van der Waals surface area contributed by atoms with E-state index in [9.17, 15) is 9.59 Å². The first-order valence-corrected chi connectivity index (χ1v) is 6.95. The van der Waals surface area contributed by atoms with Crippen molar-refractivity contribution in [3.05, 3.63) is 65.7 Å². The van der Waals surface area contributed by atoms with Gasteiger partial charge in [-0.3, -0.25) is 4.79 Å². The van der Waals surface area contributed by atoms with Crippen LogP contribution >= 0.6 is 0 Å². The predicted octanol–water partition coefficient (Wildman–Crippen LogP) is 3.33. The Morgan fingerprint density at radius 3 is 2.45 bits per heavy atom. The number of nitrogens with one attached hydrogen (secondary N) is 2. The highest BCUT2D eigenvalue weighted by Gasteiger charge is 2.17. The molecule has 2 rings (SSSR count). The lowest BCUT2D eigenvalue weighted by atomic mass is 10.0. The molecule has 1 unspecified atom stereocenters. The normalized spacial score (nSPS) is 11.5. The fourth-order valence-corrected chi connectivity index (χ4v) is 2.16. The van der Waals surface area contributed by atoms with E-state index < -0.39 is 18.0 Å². The first-order chi connectivity index (χ1) is 10.5. The Labute approximate surface area is 129 Å². The highest BCUT2D eigenvalue weighted by molar-refractivity contribution is 5.89. The zero-order valence-electron chi connectivity index (χ0n) is 12.2. The van der Waals surface area contributed by atoms with E-state index in [-0.39, 0.29) is 6.42 Å². The molecule has 114 valence electrons. The fourth-order valence-electron chi connectivity index (χ4n) is 2.16. The van der Waals surface area contributed by atoms with Gasteiger partial charge in [0.2, 0.25) is 0 Å². The van der Waals surface area contributed by atoms with Crippen molar-refractivity contribution in [1.29, 1.82) is 0 Å². The molecule has 1 atom stereocenters. The van der Waals surface area contributed by atoms with Crippen molar-refractivity contribution in [3.8, 4) is 0 Å². The number of rotatable bonds is 5. The number of urea groups is 1. The van der Waals surface area contributed by atoms with Crippen LogP contribution in [0.1, 0.15) is 23.6 Å². The molecule has 0 fully saturated rings. The van der Waals surface area contributed by atoms with Gasteiger partial charge in [-0.05, 0) is 30.2 Å². The molecular weight excluding hydrogens is 280 g/mol. The molecule has 5 heteroatoms. The van der Waals surface area contributed by atoms with Crippen LogP contribution in [0.2, 0.25) is 0 Å². The maximum atomic E-state index is 12.1. The van der Waals surface area contributed by atoms with Crippen LogP contribution in [0.15, 0.2) is 54.6 Å². The van der Waals surface area contributed by atoms with Crippen LogP contribution in [0, 0.1) is 6.92 Å². The number of carbonyl (C=O) groups excluding carboxylic acids is 1. The molecule has 0 aliphatic rings. The van der Waals surface area contributed by atoms with E-state index in [0.717, 1.165) is 11.1 Å². The number of aryl methyl sites for hydroxylation is 1. The number of carbonyl (C=O) groups is 2. The SMILES string of the molecule is Cc1cccc(NC(=O)NC(CC(=O)O)c2ccccc2)c1. The van der Waals surface area contributed by atoms with E-state index in [1.807, 2.05) is 43.3 Å². The summed E-state index contributed by atoms with van der Waals surface area (Å²) >= 11 is 0. The molecule has 2 aromatic carbocycles. The summed E-state index contributed by atoms with van der Waals surface area (Å²) in [4.78, 5) is 23.1. The van der Waals surface area contributed by atoms with E-state index in [1.54, 1.807) is 18.2 Å². The molecule has 0 radical (unpaired) electrons. The van der Waals surface area contributed by atoms with Gasteiger partial charge in [-0.1, -0.05) is 42.5 Å². The number of benzene rings is 2. The van der Waals surface area contributed by atoms with Crippen molar-refractivity contribution in [1.82, 2.24) is 5.32 Å². The standard InChI is InChI=1S/C17H18N2O3/c1-12-6-5-9-14(10-12)18-17(22)19-15(11-16(20)21)13-7-3-2-4-8-13/h2-10,15H,11H2,1H3,(H,20,21)(H2,18,19,22). The minimum atomic E-state index is -0.968. The number of hydrogen-bond donors (Lipinski definition) is 3. The molecule has 0 aromatic heterocycles. The molecule has 2 amide bonds. The summed E-state index contributed by atoms with van der Waals surface area (Å²) in [7, 11) is 0. The smallest absolute Gasteiger partial charge is 0.319 e. The van der Waals surface area contributed by atoms with Crippen molar-refractivity contribution < 1.29 is 14.7 Å². The largest absolute Gasteiger partial charge is 0.481 e. The molecule has 0 spiro atoms. The van der Waals surface area contributed by atoms with Crippen LogP contribution < -0.4 is 10.6 Å². The average Bonchev–Trinajstić information content (AvgIpc) is 2.47. The Balaban J connectivity index is 2.06. The summed E-state index contributed by atoms with van der Waals surface area (Å²) in [6.45, 7) is 1.93. The lowest BCUT2D eigenvalue weighted by Crippen LogP contribution is -2.33. The van der Waals surface area contributed by atoms with Crippen LogP contribution in [-0.4, -0.2) is 17.1 Å². The summed E-state index contributed by atoms with van der Waals surface area (Å²) in [5.74, 6) is -0.968. The van der Waals surface area contributed by atoms with Crippen LogP contribution in [0.5, 0.6) is 0 Å². The number of aliphatic carboxylic acids is 1. The quantitative estimate of drug-likeness (QED) is 0.792. The number of carboxylic acids is 1. The molecular formula is C17H18N2O3. The second-order valence-corrected chi connectivity index (χ2v) is 5.03. The van der Waals surface area contributed by atoms with E-state index in [1.165, 1.54) is 0 Å². The highest BCUT2D eigenvalue weighted by Crippen LogP contribution is 2.17. The van der Waals surface area contributed by atoms with Crippen LogP contribution in [0.3, 0.4) is 0 Å². The van der Waals surface area contributed by atoms with Crippen molar-refractivity contribution in [3.63, 3.8) is 0 Å². The van der Waals surface area contributed by atoms with Crippen molar-refractivity contribution in [2.24, 2.45) is 0 Å². The maximum Gasteiger partial charge on any atom is 0.319 e. The first kappa shape index (κ1) is 15.6. The summed E-state index contributed by atoms with van der Waals surface area (Å²) in [5, 5.41) is 14.4. The van der Waals surface area contributed by atoms with Gasteiger partial charge in [-0.2, -0.15) is 0 Å². The number of anilines is 1. The zero-order chi connectivity index (χ0) is 15.9. The summed E-state index contributed by atoms with van der Waals surface area (Å²) in [6.07, 6.45) is -0.175. The number of carboxylic acid groups (broad SMARTS) is 1. The van der Waals surface area contributed by atoms with Crippen LogP contribution in [0.25, 0.3) is 0 Å². The van der Waals surface area contributed by atoms with E-state index >= 15 is 0 Å². The zero-order valence-corrected chi connectivity index (χ0v) is 12.2. The Bertz CT molecular complexity index is 656. The van der Waals surface area contributed by atoms with E-state index in [0.29, 0.717) is 5.69 Å². The summed E-state index contributed by atoms with van der Waals surface area (Å²) in [5.41, 5.74) is 2.45. The minimum absolute atomic E-state index is 0.175. The second kappa shape index (κ2) is 7.26. The number of hydrogen-bond acceptors (Lipinski definition) is 2. The minimum Gasteiger partial charge on any atom is -0.481 e. The summed E-state index contributed by atoms with van der Waals surface area (Å²) in [6, 6.07) is 15.4. The van der Waals surface area contributed by atoms with Gasteiger partial charge in [0, 0.05) is 5.69 Å². The van der Waals surface area contributed by atoms with Crippen LogP contribution in [-0.2, 0) is 4.79 Å². The van der Waals surface area contributed by atoms with Gasteiger partial charge >= 0.3 is 12.0 Å². The molecule has 0 bridgehead atoms. The highest BCUT2D eigenvalue weighted by atomic mass is 16.4. The van der Waals surface area contributed by atoms with Gasteiger partial charge < -0.3 is 15.7 Å². The Morgan fingerprint density at radius 2 is 1.82 bits per heavy atom. The third-order valence-electron chi connectivity index (χ3n) is 3.16. The lowest BCUT2D eigenvalue weighted by molar-refractivity contribution is -0.137. The molecule has 5 nitrogen and oxygen atoms in total. The Morgan fingerprint density at radius 1 is 1.09 bits per heavy atom. The lowest BCUT2D eigenvalue weighted by Gasteiger charge is -2.18. The molecule has 2 aromatic rings. The fraction of sp³-hybridized carbons (Fsp3) is 0.176. The second-order valence-electron chi connectivity index (χ2n) is 5.03.